The van der Waals surface area contributed by atoms with Crippen LogP contribution >= 0.6 is 0 Å². The van der Waals surface area contributed by atoms with Gasteiger partial charge in [-0.1, -0.05) is 27.7 Å². The number of allylic oxidation sites excluding steroid dienone is 1. The second kappa shape index (κ2) is 7.88. The van der Waals surface area contributed by atoms with Gasteiger partial charge in [0.2, 0.25) is 0 Å². The van der Waals surface area contributed by atoms with Gasteiger partial charge in [-0.15, -0.1) is 0 Å². The summed E-state index contributed by atoms with van der Waals surface area (Å²) in [6, 6.07) is 10.3. The second-order valence-electron chi connectivity index (χ2n) is 9.21. The number of hydroxylamine groups is 1. The van der Waals surface area contributed by atoms with Crippen LogP contribution in [-0.2, 0) is 4.84 Å². The Labute approximate surface area is 194 Å². The summed E-state index contributed by atoms with van der Waals surface area (Å²) in [5.41, 5.74) is 9.14. The van der Waals surface area contributed by atoms with Crippen LogP contribution in [0, 0.1) is 0 Å². The van der Waals surface area contributed by atoms with E-state index in [2.05, 4.69) is 62.0 Å². The second-order valence-corrected chi connectivity index (χ2v) is 9.21. The molecule has 3 aliphatic rings. The Balaban J connectivity index is 1.59. The van der Waals surface area contributed by atoms with E-state index in [0.717, 1.165) is 51.1 Å². The number of nitrogens with zero attached hydrogens (tertiary/aromatic N) is 2. The van der Waals surface area contributed by atoms with E-state index in [-0.39, 0.29) is 0 Å². The lowest BCUT2D eigenvalue weighted by atomic mass is 9.93. The molecule has 3 aliphatic heterocycles. The molecular weight excluding hydrogens is 418 g/mol. The molecule has 5 rings (SSSR count). The first-order valence-corrected chi connectivity index (χ1v) is 11.3. The van der Waals surface area contributed by atoms with Crippen LogP contribution < -0.4 is 30.5 Å². The van der Waals surface area contributed by atoms with Crippen molar-refractivity contribution < 1.29 is 14.3 Å². The minimum Gasteiger partial charge on any atom is -0.496 e. The maximum atomic E-state index is 6.11. The van der Waals surface area contributed by atoms with Crippen LogP contribution in [0.1, 0.15) is 57.6 Å². The molecule has 3 N–H and O–H groups in total. The molecule has 0 saturated carbocycles. The number of hydrogen-bond donors (Lipinski definition) is 3. The lowest BCUT2D eigenvalue weighted by Crippen LogP contribution is -2.51. The van der Waals surface area contributed by atoms with Crippen LogP contribution in [0.2, 0.25) is 0 Å². The van der Waals surface area contributed by atoms with Crippen molar-refractivity contribution in [2.45, 2.75) is 52.4 Å². The minimum absolute atomic E-state index is 0.297. The zero-order valence-electron chi connectivity index (χ0n) is 19.9. The van der Waals surface area contributed by atoms with E-state index in [4.69, 9.17) is 19.3 Å². The molecule has 0 aromatic heterocycles. The fraction of sp³-hybridized carbons (Fsp3) is 0.400. The van der Waals surface area contributed by atoms with E-state index < -0.39 is 5.97 Å². The minimum atomic E-state index is -1.17. The predicted molar refractivity (Wildman–Crippen MR) is 131 cm³/mol. The molecule has 3 heterocycles. The number of rotatable bonds is 6. The number of methoxy groups -OCH3 is 1. The zero-order chi connectivity index (χ0) is 23.3. The molecule has 2 aromatic rings. The van der Waals surface area contributed by atoms with Crippen LogP contribution in [0.4, 0.5) is 17.1 Å². The van der Waals surface area contributed by atoms with Crippen molar-refractivity contribution in [3.05, 3.63) is 52.9 Å². The molecule has 0 amide bonds. The number of fused-ring (bicyclic) bond motifs is 3. The first-order chi connectivity index (χ1) is 15.8. The van der Waals surface area contributed by atoms with E-state index >= 15 is 0 Å². The van der Waals surface area contributed by atoms with Gasteiger partial charge in [-0.05, 0) is 60.2 Å². The summed E-state index contributed by atoms with van der Waals surface area (Å²) in [6.45, 7) is 11.2. The van der Waals surface area contributed by atoms with E-state index in [1.165, 1.54) is 0 Å². The van der Waals surface area contributed by atoms with E-state index in [1.807, 2.05) is 30.2 Å². The molecule has 0 radical (unpaired) electrons. The van der Waals surface area contributed by atoms with Crippen LogP contribution in [0.15, 0.2) is 46.7 Å². The monoisotopic (exact) mass is 449 g/mol. The van der Waals surface area contributed by atoms with E-state index in [9.17, 15) is 0 Å². The van der Waals surface area contributed by atoms with E-state index in [0.29, 0.717) is 18.6 Å². The van der Waals surface area contributed by atoms with Crippen molar-refractivity contribution in [3.63, 3.8) is 0 Å². The van der Waals surface area contributed by atoms with Crippen LogP contribution in [0.3, 0.4) is 0 Å². The third-order valence-electron chi connectivity index (χ3n) is 6.24. The van der Waals surface area contributed by atoms with Gasteiger partial charge in [-0.3, -0.25) is 4.90 Å². The molecule has 2 aromatic carbocycles. The number of hydrogen-bond acceptors (Lipinski definition) is 8. The summed E-state index contributed by atoms with van der Waals surface area (Å²) in [5, 5.41) is 6.82. The number of nitrogens with one attached hydrogen (secondary N) is 3. The largest absolute Gasteiger partial charge is 0.496 e. The third-order valence-corrected chi connectivity index (χ3v) is 6.24. The van der Waals surface area contributed by atoms with Crippen LogP contribution in [0.5, 0.6) is 11.5 Å². The van der Waals surface area contributed by atoms with Crippen LogP contribution in [0.25, 0.3) is 0 Å². The highest BCUT2D eigenvalue weighted by Crippen LogP contribution is 2.43. The Hall–Kier alpha value is -3.39. The summed E-state index contributed by atoms with van der Waals surface area (Å²) < 4.78 is 11.4. The van der Waals surface area contributed by atoms with Gasteiger partial charge in [0.15, 0.2) is 6.73 Å². The molecule has 8 nitrogen and oxygen atoms in total. The molecule has 1 saturated heterocycles. The van der Waals surface area contributed by atoms with Gasteiger partial charge < -0.3 is 20.1 Å². The van der Waals surface area contributed by atoms with Gasteiger partial charge in [0, 0.05) is 17.5 Å². The molecule has 1 unspecified atom stereocenters. The summed E-state index contributed by atoms with van der Waals surface area (Å²) in [6.07, 6.45) is 1.84. The van der Waals surface area contributed by atoms with Crippen molar-refractivity contribution >= 4 is 23.3 Å². The number of aliphatic imine (C=N–C) groups is 1. The molecule has 8 heteroatoms. The average molecular weight is 450 g/mol. The summed E-state index contributed by atoms with van der Waals surface area (Å²) in [7, 11) is 1.74. The van der Waals surface area contributed by atoms with Gasteiger partial charge in [-0.2, -0.15) is 0 Å². The highest BCUT2D eigenvalue weighted by atomic mass is 16.7. The highest BCUT2D eigenvalue weighted by molar-refractivity contribution is 5.85. The summed E-state index contributed by atoms with van der Waals surface area (Å²) in [5.74, 6) is 2.05. The third kappa shape index (κ3) is 3.45. The summed E-state index contributed by atoms with van der Waals surface area (Å²) >= 11 is 0. The van der Waals surface area contributed by atoms with E-state index in [1.54, 1.807) is 7.11 Å². The number of benzene rings is 2. The fourth-order valence-electron chi connectivity index (χ4n) is 4.51. The Bertz CT molecular complexity index is 1130. The maximum Gasteiger partial charge on any atom is 0.351 e. The quantitative estimate of drug-likeness (QED) is 0.567. The Morgan fingerprint density at radius 3 is 2.52 bits per heavy atom. The Morgan fingerprint density at radius 2 is 1.85 bits per heavy atom. The lowest BCUT2D eigenvalue weighted by molar-refractivity contribution is -0.0214. The molecule has 33 heavy (non-hydrogen) atoms. The smallest absolute Gasteiger partial charge is 0.351 e. The molecule has 1 atom stereocenters. The van der Waals surface area contributed by atoms with Gasteiger partial charge in [-0.25, -0.2) is 15.3 Å². The number of ether oxygens (including phenoxy) is 2. The maximum absolute atomic E-state index is 6.11. The first kappa shape index (κ1) is 21.5. The number of anilines is 3. The van der Waals surface area contributed by atoms with Crippen molar-refractivity contribution in [1.29, 1.82) is 0 Å². The van der Waals surface area contributed by atoms with Gasteiger partial charge in [0.1, 0.15) is 17.3 Å². The van der Waals surface area contributed by atoms with Crippen molar-refractivity contribution in [3.8, 4) is 11.5 Å². The molecule has 1 fully saturated rings. The molecule has 2 bridgehead atoms. The SMILES string of the molecule is COc1c(C(C)C)cc(NC23N=CC(C)=C(NO2)N3c2ccc3c(c2)NCO3)cc1C(C)C. The Kier molecular flexibility index (Phi) is 5.12. The van der Waals surface area contributed by atoms with Gasteiger partial charge >= 0.3 is 5.97 Å². The molecular formula is C25H31N5O3. The van der Waals surface area contributed by atoms with Gasteiger partial charge in [0.05, 0.1) is 18.5 Å². The first-order valence-electron chi connectivity index (χ1n) is 11.3. The average Bonchev–Trinajstić information content (AvgIpc) is 3.37. The van der Waals surface area contributed by atoms with Crippen molar-refractivity contribution in [2.24, 2.45) is 4.99 Å². The van der Waals surface area contributed by atoms with Gasteiger partial charge in [0.25, 0.3) is 0 Å². The summed E-state index contributed by atoms with van der Waals surface area (Å²) in [4.78, 5) is 13.0. The lowest BCUT2D eigenvalue weighted by Gasteiger charge is -2.36. The molecule has 0 spiro atoms. The normalized spacial score (nSPS) is 20.7. The van der Waals surface area contributed by atoms with Crippen molar-refractivity contribution in [1.82, 2.24) is 5.48 Å². The zero-order valence-corrected chi connectivity index (χ0v) is 19.9. The predicted octanol–water partition coefficient (Wildman–Crippen LogP) is 5.08. The van der Waals surface area contributed by atoms with Crippen LogP contribution in [-0.4, -0.2) is 26.0 Å². The van der Waals surface area contributed by atoms with Crippen molar-refractivity contribution in [2.75, 3.05) is 29.4 Å². The fourth-order valence-corrected chi connectivity index (χ4v) is 4.51. The highest BCUT2D eigenvalue weighted by Gasteiger charge is 2.49. The topological polar surface area (TPSA) is 79.4 Å². The molecule has 174 valence electrons. The Morgan fingerprint density at radius 1 is 1.12 bits per heavy atom. The standard InChI is InChI=1S/C25H31N5O3/c1-14(2)19-9-17(10-20(15(3)4)23(19)31-6)28-25-27-12-16(5)24(29-33-25)30(25)18-7-8-22-21(11-18)26-13-32-22/h7-12,14-15,26,28-29H,13H2,1-6H3. The molecule has 0 aliphatic carbocycles.